The predicted octanol–water partition coefficient (Wildman–Crippen LogP) is 3.56. The standard InChI is InChI=1S/C23H30N2O4/c1-5-28-22(27)23(14-19-10-7-6-9-16(19)2)11-8-12-25(15-23)21(26)13-20-17(3)24-29-18(20)4/h6-7,9-10H,5,8,11-15H2,1-4H3/t23-/m1/s1. The highest BCUT2D eigenvalue weighted by Gasteiger charge is 2.45. The highest BCUT2D eigenvalue weighted by Crippen LogP contribution is 2.36. The van der Waals surface area contributed by atoms with Crippen LogP contribution in [0.15, 0.2) is 28.8 Å². The third kappa shape index (κ3) is 4.52. The second-order valence-corrected chi connectivity index (χ2v) is 8.00. The molecule has 0 aliphatic carbocycles. The molecule has 1 aliphatic heterocycles. The average molecular weight is 399 g/mol. The number of piperidine rings is 1. The zero-order chi connectivity index (χ0) is 21.0. The molecule has 6 heteroatoms. The van der Waals surface area contributed by atoms with Crippen LogP contribution in [0.2, 0.25) is 0 Å². The van der Waals surface area contributed by atoms with Gasteiger partial charge in [0.25, 0.3) is 0 Å². The summed E-state index contributed by atoms with van der Waals surface area (Å²) in [6.07, 6.45) is 2.31. The fourth-order valence-corrected chi connectivity index (χ4v) is 4.20. The predicted molar refractivity (Wildman–Crippen MR) is 109 cm³/mol. The third-order valence-electron chi connectivity index (χ3n) is 5.94. The molecule has 0 saturated carbocycles. The van der Waals surface area contributed by atoms with E-state index in [9.17, 15) is 9.59 Å². The van der Waals surface area contributed by atoms with Crippen LogP contribution in [0.3, 0.4) is 0 Å². The van der Waals surface area contributed by atoms with Crippen molar-refractivity contribution in [1.82, 2.24) is 10.1 Å². The number of ether oxygens (including phenoxy) is 1. The molecular formula is C23H30N2O4. The van der Waals surface area contributed by atoms with E-state index in [0.717, 1.165) is 35.2 Å². The second-order valence-electron chi connectivity index (χ2n) is 8.00. The Morgan fingerprint density at radius 2 is 2.00 bits per heavy atom. The normalized spacial score (nSPS) is 19.2. The van der Waals surface area contributed by atoms with Gasteiger partial charge >= 0.3 is 5.97 Å². The number of nitrogens with zero attached hydrogens (tertiary/aromatic N) is 2. The lowest BCUT2D eigenvalue weighted by molar-refractivity contribution is -0.160. The van der Waals surface area contributed by atoms with Gasteiger partial charge in [-0.2, -0.15) is 0 Å². The number of amides is 1. The molecule has 29 heavy (non-hydrogen) atoms. The highest BCUT2D eigenvalue weighted by molar-refractivity contribution is 5.82. The molecular weight excluding hydrogens is 368 g/mol. The van der Waals surface area contributed by atoms with Gasteiger partial charge in [-0.25, -0.2) is 0 Å². The second kappa shape index (κ2) is 8.80. The molecule has 2 aromatic rings. The topological polar surface area (TPSA) is 72.6 Å². The van der Waals surface area contributed by atoms with Gasteiger partial charge in [0.05, 0.1) is 24.1 Å². The van der Waals surface area contributed by atoms with Gasteiger partial charge in [-0.1, -0.05) is 29.4 Å². The van der Waals surface area contributed by atoms with E-state index in [4.69, 9.17) is 9.26 Å². The van der Waals surface area contributed by atoms with Gasteiger partial charge in [0.15, 0.2) is 0 Å². The fourth-order valence-electron chi connectivity index (χ4n) is 4.20. The summed E-state index contributed by atoms with van der Waals surface area (Å²) in [6.45, 7) is 8.90. The quantitative estimate of drug-likeness (QED) is 0.696. The maximum absolute atomic E-state index is 13.1. The van der Waals surface area contributed by atoms with Crippen LogP contribution in [0.4, 0.5) is 0 Å². The SMILES string of the molecule is CCOC(=O)[C@@]1(Cc2ccccc2C)CCCN(C(=O)Cc2c(C)noc2C)C1. The van der Waals surface area contributed by atoms with E-state index in [2.05, 4.69) is 24.2 Å². The number of carbonyl (C=O) groups excluding carboxylic acids is 2. The van der Waals surface area contributed by atoms with E-state index in [1.165, 1.54) is 0 Å². The van der Waals surface area contributed by atoms with E-state index in [1.807, 2.05) is 37.8 Å². The molecule has 156 valence electrons. The van der Waals surface area contributed by atoms with E-state index < -0.39 is 5.41 Å². The Morgan fingerprint density at radius 3 is 2.66 bits per heavy atom. The van der Waals surface area contributed by atoms with Gasteiger partial charge in [-0.05, 0) is 58.1 Å². The molecule has 0 spiro atoms. The molecule has 1 atom stereocenters. The summed E-state index contributed by atoms with van der Waals surface area (Å²) in [4.78, 5) is 27.9. The molecule has 1 aliphatic rings. The Balaban J connectivity index is 1.84. The monoisotopic (exact) mass is 398 g/mol. The molecule has 2 heterocycles. The molecule has 0 bridgehead atoms. The summed E-state index contributed by atoms with van der Waals surface area (Å²) in [6, 6.07) is 8.10. The van der Waals surface area contributed by atoms with Gasteiger partial charge in [0, 0.05) is 18.7 Å². The summed E-state index contributed by atoms with van der Waals surface area (Å²) >= 11 is 0. The lowest BCUT2D eigenvalue weighted by Gasteiger charge is -2.41. The van der Waals surface area contributed by atoms with Crippen LogP contribution in [-0.4, -0.2) is 41.6 Å². The van der Waals surface area contributed by atoms with Gasteiger partial charge in [0.1, 0.15) is 5.76 Å². The van der Waals surface area contributed by atoms with Crippen LogP contribution in [0.25, 0.3) is 0 Å². The molecule has 1 fully saturated rings. The molecule has 1 saturated heterocycles. The van der Waals surface area contributed by atoms with Crippen molar-refractivity contribution in [2.75, 3.05) is 19.7 Å². The molecule has 0 unspecified atom stereocenters. The summed E-state index contributed by atoms with van der Waals surface area (Å²) < 4.78 is 10.7. The first-order chi connectivity index (χ1) is 13.9. The maximum Gasteiger partial charge on any atom is 0.314 e. The Labute approximate surface area is 172 Å². The van der Waals surface area contributed by atoms with Crippen molar-refractivity contribution in [1.29, 1.82) is 0 Å². The zero-order valence-electron chi connectivity index (χ0n) is 17.8. The Hall–Kier alpha value is -2.63. The van der Waals surface area contributed by atoms with Crippen LogP contribution >= 0.6 is 0 Å². The first-order valence-electron chi connectivity index (χ1n) is 10.3. The lowest BCUT2D eigenvalue weighted by atomic mass is 9.74. The molecule has 0 N–H and O–H groups in total. The van der Waals surface area contributed by atoms with E-state index in [-0.39, 0.29) is 18.3 Å². The van der Waals surface area contributed by atoms with Crippen molar-refractivity contribution in [2.24, 2.45) is 5.41 Å². The van der Waals surface area contributed by atoms with Gasteiger partial charge in [0.2, 0.25) is 5.91 Å². The molecule has 6 nitrogen and oxygen atoms in total. The lowest BCUT2D eigenvalue weighted by Crippen LogP contribution is -2.52. The van der Waals surface area contributed by atoms with E-state index in [0.29, 0.717) is 31.9 Å². The number of carbonyl (C=O) groups is 2. The number of benzene rings is 1. The largest absolute Gasteiger partial charge is 0.466 e. The minimum absolute atomic E-state index is 0.00226. The number of hydrogen-bond acceptors (Lipinski definition) is 5. The average Bonchev–Trinajstić information content (AvgIpc) is 3.02. The van der Waals surface area contributed by atoms with Crippen molar-refractivity contribution < 1.29 is 18.8 Å². The van der Waals surface area contributed by atoms with Crippen LogP contribution < -0.4 is 0 Å². The van der Waals surface area contributed by atoms with Crippen LogP contribution in [0.5, 0.6) is 0 Å². The Morgan fingerprint density at radius 1 is 1.24 bits per heavy atom. The zero-order valence-corrected chi connectivity index (χ0v) is 17.8. The smallest absolute Gasteiger partial charge is 0.314 e. The minimum atomic E-state index is -0.714. The van der Waals surface area contributed by atoms with E-state index >= 15 is 0 Å². The Kier molecular flexibility index (Phi) is 6.40. The van der Waals surface area contributed by atoms with Crippen molar-refractivity contribution in [3.63, 3.8) is 0 Å². The first kappa shape index (κ1) is 21.1. The Bertz CT molecular complexity index is 869. The number of esters is 1. The summed E-state index contributed by atoms with van der Waals surface area (Å²) in [5.74, 6) is 0.458. The van der Waals surface area contributed by atoms with Gasteiger partial charge < -0.3 is 14.2 Å². The third-order valence-corrected chi connectivity index (χ3v) is 5.94. The van der Waals surface area contributed by atoms with Gasteiger partial charge in [-0.15, -0.1) is 0 Å². The fraction of sp³-hybridized carbons (Fsp3) is 0.522. The maximum atomic E-state index is 13.1. The van der Waals surface area contributed by atoms with Crippen molar-refractivity contribution in [3.8, 4) is 0 Å². The van der Waals surface area contributed by atoms with Crippen LogP contribution in [-0.2, 0) is 27.2 Å². The summed E-state index contributed by atoms with van der Waals surface area (Å²) in [5, 5.41) is 3.94. The number of hydrogen-bond donors (Lipinski definition) is 0. The molecule has 0 radical (unpaired) electrons. The van der Waals surface area contributed by atoms with Gasteiger partial charge in [-0.3, -0.25) is 9.59 Å². The highest BCUT2D eigenvalue weighted by atomic mass is 16.5. The molecule has 1 aromatic heterocycles. The first-order valence-corrected chi connectivity index (χ1v) is 10.3. The number of aryl methyl sites for hydroxylation is 3. The van der Waals surface area contributed by atoms with E-state index in [1.54, 1.807) is 0 Å². The molecule has 1 amide bonds. The summed E-state index contributed by atoms with van der Waals surface area (Å²) in [7, 11) is 0. The number of aromatic nitrogens is 1. The number of rotatable bonds is 6. The van der Waals surface area contributed by atoms with Crippen LogP contribution in [0, 0.1) is 26.2 Å². The number of likely N-dealkylation sites (tertiary alicyclic amines) is 1. The molecule has 1 aromatic carbocycles. The van der Waals surface area contributed by atoms with Crippen LogP contribution in [0.1, 0.15) is 47.9 Å². The van der Waals surface area contributed by atoms with Crippen molar-refractivity contribution in [2.45, 2.75) is 53.4 Å². The van der Waals surface area contributed by atoms with Crippen molar-refractivity contribution in [3.05, 3.63) is 52.4 Å². The minimum Gasteiger partial charge on any atom is -0.466 e. The van der Waals surface area contributed by atoms with Crippen molar-refractivity contribution >= 4 is 11.9 Å². The molecule has 3 rings (SSSR count). The summed E-state index contributed by atoms with van der Waals surface area (Å²) in [5.41, 5.74) is 3.14.